The fourth-order valence-corrected chi connectivity index (χ4v) is 2.38. The van der Waals surface area contributed by atoms with Crippen molar-refractivity contribution in [2.45, 2.75) is 23.9 Å². The van der Waals surface area contributed by atoms with Crippen molar-refractivity contribution in [1.82, 2.24) is 15.0 Å². The van der Waals surface area contributed by atoms with Gasteiger partial charge in [0, 0.05) is 4.90 Å². The van der Waals surface area contributed by atoms with Gasteiger partial charge < -0.3 is 4.74 Å². The van der Waals surface area contributed by atoms with Crippen LogP contribution in [0.1, 0.15) is 11.1 Å². The molecule has 0 amide bonds. The van der Waals surface area contributed by atoms with Crippen molar-refractivity contribution in [2.24, 2.45) is 5.84 Å². The Hall–Kier alpha value is -1.86. The first kappa shape index (κ1) is 13.6. The van der Waals surface area contributed by atoms with E-state index in [-0.39, 0.29) is 12.0 Å². The minimum Gasteiger partial charge on any atom is -0.467 e. The fraction of sp³-hybridized carbons (Fsp3) is 0.250. The van der Waals surface area contributed by atoms with Gasteiger partial charge in [0.15, 0.2) is 0 Å². The third-order valence-electron chi connectivity index (χ3n) is 2.45. The molecule has 0 spiro atoms. The second-order valence-electron chi connectivity index (χ2n) is 3.94. The number of methoxy groups -OCH3 is 1. The molecule has 6 nitrogen and oxygen atoms in total. The van der Waals surface area contributed by atoms with Crippen LogP contribution in [0.4, 0.5) is 5.95 Å². The van der Waals surface area contributed by atoms with Crippen molar-refractivity contribution in [3.63, 3.8) is 0 Å². The molecular formula is C12H15N5OS. The van der Waals surface area contributed by atoms with E-state index in [1.807, 2.05) is 13.8 Å². The molecule has 0 atom stereocenters. The molecule has 100 valence electrons. The van der Waals surface area contributed by atoms with E-state index in [4.69, 9.17) is 10.6 Å². The first-order valence-electron chi connectivity index (χ1n) is 5.64. The van der Waals surface area contributed by atoms with E-state index in [2.05, 4.69) is 38.6 Å². The summed E-state index contributed by atoms with van der Waals surface area (Å²) in [7, 11) is 1.50. The van der Waals surface area contributed by atoms with Crippen LogP contribution in [0.2, 0.25) is 0 Å². The summed E-state index contributed by atoms with van der Waals surface area (Å²) in [4.78, 5) is 13.4. The molecule has 0 aliphatic rings. The zero-order valence-electron chi connectivity index (χ0n) is 11.0. The highest BCUT2D eigenvalue weighted by Crippen LogP contribution is 2.29. The van der Waals surface area contributed by atoms with Crippen molar-refractivity contribution < 1.29 is 4.74 Å². The highest BCUT2D eigenvalue weighted by Gasteiger charge is 2.09. The first-order chi connectivity index (χ1) is 9.12. The standard InChI is InChI=1S/C12H15N5OS/c1-7-4-5-8(2)9(6-7)19-12-15-10(17-13)14-11(16-12)18-3/h4-6H,13H2,1-3H3,(H,14,15,16,17). The summed E-state index contributed by atoms with van der Waals surface area (Å²) in [6.45, 7) is 4.09. The predicted octanol–water partition coefficient (Wildman–Crippen LogP) is 1.93. The van der Waals surface area contributed by atoms with Gasteiger partial charge in [-0.05, 0) is 42.8 Å². The van der Waals surface area contributed by atoms with Crippen LogP contribution in [-0.4, -0.2) is 22.1 Å². The van der Waals surface area contributed by atoms with Gasteiger partial charge in [-0.2, -0.15) is 15.0 Å². The van der Waals surface area contributed by atoms with E-state index in [0.717, 1.165) is 10.5 Å². The van der Waals surface area contributed by atoms with Gasteiger partial charge in [0.2, 0.25) is 11.1 Å². The number of nitrogens with two attached hydrogens (primary N) is 1. The van der Waals surface area contributed by atoms with Crippen molar-refractivity contribution in [3.05, 3.63) is 29.3 Å². The molecule has 19 heavy (non-hydrogen) atoms. The van der Waals surface area contributed by atoms with Gasteiger partial charge in [0.05, 0.1) is 7.11 Å². The fourth-order valence-electron chi connectivity index (χ4n) is 1.46. The summed E-state index contributed by atoms with van der Waals surface area (Å²) in [6, 6.07) is 6.46. The number of nitrogen functional groups attached to an aromatic ring is 1. The number of benzene rings is 1. The van der Waals surface area contributed by atoms with Crippen LogP contribution in [0.25, 0.3) is 0 Å². The van der Waals surface area contributed by atoms with Gasteiger partial charge in [-0.1, -0.05) is 12.1 Å². The number of rotatable bonds is 4. The number of hydrogen-bond acceptors (Lipinski definition) is 7. The number of nitrogens with zero attached hydrogens (tertiary/aromatic N) is 3. The van der Waals surface area contributed by atoms with Gasteiger partial charge in [-0.3, -0.25) is 5.43 Å². The smallest absolute Gasteiger partial charge is 0.322 e. The molecule has 0 radical (unpaired) electrons. The lowest BCUT2D eigenvalue weighted by molar-refractivity contribution is 0.373. The Balaban J connectivity index is 2.34. The number of nitrogens with one attached hydrogen (secondary N) is 1. The Bertz CT molecular complexity index is 568. The number of hydrazine groups is 1. The average Bonchev–Trinajstić information content (AvgIpc) is 2.42. The number of aryl methyl sites for hydroxylation is 2. The molecule has 0 bridgehead atoms. The van der Waals surface area contributed by atoms with Crippen LogP contribution in [-0.2, 0) is 0 Å². The molecule has 0 aliphatic heterocycles. The van der Waals surface area contributed by atoms with Crippen LogP contribution in [0.15, 0.2) is 28.3 Å². The van der Waals surface area contributed by atoms with Gasteiger partial charge in [-0.15, -0.1) is 0 Å². The molecule has 0 aliphatic carbocycles. The van der Waals surface area contributed by atoms with E-state index in [0.29, 0.717) is 5.16 Å². The third-order valence-corrected chi connectivity index (χ3v) is 3.48. The highest BCUT2D eigenvalue weighted by atomic mass is 32.2. The number of ether oxygens (including phenoxy) is 1. The van der Waals surface area contributed by atoms with Crippen molar-refractivity contribution >= 4 is 17.7 Å². The van der Waals surface area contributed by atoms with Gasteiger partial charge in [0.25, 0.3) is 0 Å². The molecule has 3 N–H and O–H groups in total. The summed E-state index contributed by atoms with van der Waals surface area (Å²) in [6.07, 6.45) is 0. The zero-order chi connectivity index (χ0) is 13.8. The van der Waals surface area contributed by atoms with E-state index in [9.17, 15) is 0 Å². The SMILES string of the molecule is COc1nc(NN)nc(Sc2cc(C)ccc2C)n1. The molecule has 0 saturated heterocycles. The Morgan fingerprint density at radius 3 is 2.68 bits per heavy atom. The minimum absolute atomic E-state index is 0.232. The molecular weight excluding hydrogens is 262 g/mol. The summed E-state index contributed by atoms with van der Waals surface area (Å²) >= 11 is 1.45. The summed E-state index contributed by atoms with van der Waals surface area (Å²) in [5.74, 6) is 5.60. The largest absolute Gasteiger partial charge is 0.467 e. The third kappa shape index (κ3) is 3.33. The maximum absolute atomic E-state index is 5.32. The zero-order valence-corrected chi connectivity index (χ0v) is 11.8. The van der Waals surface area contributed by atoms with Crippen LogP contribution >= 0.6 is 11.8 Å². The molecule has 1 aromatic carbocycles. The van der Waals surface area contributed by atoms with Gasteiger partial charge >= 0.3 is 6.01 Å². The Labute approximate surface area is 115 Å². The summed E-state index contributed by atoms with van der Waals surface area (Å²) < 4.78 is 5.02. The lowest BCUT2D eigenvalue weighted by Crippen LogP contribution is -2.12. The molecule has 1 aromatic heterocycles. The predicted molar refractivity (Wildman–Crippen MR) is 74.2 cm³/mol. The molecule has 0 fully saturated rings. The number of hydrogen-bond donors (Lipinski definition) is 2. The maximum Gasteiger partial charge on any atom is 0.322 e. The molecule has 2 aromatic rings. The molecule has 1 heterocycles. The minimum atomic E-state index is 0.232. The van der Waals surface area contributed by atoms with Crippen molar-refractivity contribution in [1.29, 1.82) is 0 Å². The lowest BCUT2D eigenvalue weighted by Gasteiger charge is -2.07. The normalized spacial score (nSPS) is 10.3. The van der Waals surface area contributed by atoms with E-state index in [1.165, 1.54) is 24.4 Å². The van der Waals surface area contributed by atoms with Crippen molar-refractivity contribution in [3.8, 4) is 6.01 Å². The first-order valence-corrected chi connectivity index (χ1v) is 6.46. The average molecular weight is 277 g/mol. The monoisotopic (exact) mass is 277 g/mol. The van der Waals surface area contributed by atoms with E-state index >= 15 is 0 Å². The van der Waals surface area contributed by atoms with Crippen molar-refractivity contribution in [2.75, 3.05) is 12.5 Å². The molecule has 0 saturated carbocycles. The summed E-state index contributed by atoms with van der Waals surface area (Å²) in [5, 5.41) is 0.536. The Kier molecular flexibility index (Phi) is 4.18. The van der Waals surface area contributed by atoms with Crippen LogP contribution in [0.5, 0.6) is 6.01 Å². The van der Waals surface area contributed by atoms with Gasteiger partial charge in [0.1, 0.15) is 0 Å². The van der Waals surface area contributed by atoms with E-state index in [1.54, 1.807) is 0 Å². The number of anilines is 1. The lowest BCUT2D eigenvalue weighted by atomic mass is 10.2. The Morgan fingerprint density at radius 1 is 1.21 bits per heavy atom. The second-order valence-corrected chi connectivity index (χ2v) is 4.95. The highest BCUT2D eigenvalue weighted by molar-refractivity contribution is 7.99. The van der Waals surface area contributed by atoms with Gasteiger partial charge in [-0.25, -0.2) is 5.84 Å². The maximum atomic E-state index is 5.32. The van der Waals surface area contributed by atoms with Crippen LogP contribution in [0.3, 0.4) is 0 Å². The van der Waals surface area contributed by atoms with Crippen LogP contribution < -0.4 is 16.0 Å². The number of aromatic nitrogens is 3. The second kappa shape index (κ2) is 5.85. The molecule has 7 heteroatoms. The molecule has 0 unspecified atom stereocenters. The quantitative estimate of drug-likeness (QED) is 0.652. The topological polar surface area (TPSA) is 86.0 Å². The molecule has 2 rings (SSSR count). The summed E-state index contributed by atoms with van der Waals surface area (Å²) in [5.41, 5.74) is 4.75. The van der Waals surface area contributed by atoms with Crippen LogP contribution in [0, 0.1) is 13.8 Å². The van der Waals surface area contributed by atoms with E-state index < -0.39 is 0 Å². The Morgan fingerprint density at radius 2 is 2.00 bits per heavy atom.